The van der Waals surface area contributed by atoms with Crippen molar-refractivity contribution < 1.29 is 0 Å². The fraction of sp³-hybridized carbons (Fsp3) is 0.500. The highest BCUT2D eigenvalue weighted by Crippen LogP contribution is 2.24. The van der Waals surface area contributed by atoms with Gasteiger partial charge in [0.1, 0.15) is 0 Å². The minimum Gasteiger partial charge on any atom is -0.372 e. The normalized spacial score (nSPS) is 10.4. The lowest BCUT2D eigenvalue weighted by atomic mass is 10.1. The molecule has 15 heavy (non-hydrogen) atoms. The fourth-order valence-electron chi connectivity index (χ4n) is 1.72. The fourth-order valence-corrected chi connectivity index (χ4v) is 1.89. The topological polar surface area (TPSA) is 29.3 Å². The number of rotatable bonds is 5. The number of nitrogens with two attached hydrogens (primary N) is 1. The van der Waals surface area contributed by atoms with Crippen molar-refractivity contribution in [3.05, 3.63) is 28.8 Å². The van der Waals surface area contributed by atoms with E-state index in [9.17, 15) is 0 Å². The third-order valence-electron chi connectivity index (χ3n) is 2.48. The number of halogens is 1. The summed E-state index contributed by atoms with van der Waals surface area (Å²) in [6.07, 6.45) is 1.13. The van der Waals surface area contributed by atoms with Gasteiger partial charge in [-0.3, -0.25) is 0 Å². The lowest BCUT2D eigenvalue weighted by Crippen LogP contribution is -2.25. The predicted octanol–water partition coefficient (Wildman–Crippen LogP) is 3.04. The van der Waals surface area contributed by atoms with E-state index in [1.165, 1.54) is 5.69 Å². The third-order valence-corrected chi connectivity index (χ3v) is 2.72. The molecular weight excluding hydrogens is 208 g/mol. The molecule has 0 bridgehead atoms. The van der Waals surface area contributed by atoms with Gasteiger partial charge >= 0.3 is 0 Å². The molecule has 0 saturated heterocycles. The van der Waals surface area contributed by atoms with Gasteiger partial charge in [0.15, 0.2) is 0 Å². The Labute approximate surface area is 97.0 Å². The molecule has 2 N–H and O–H groups in total. The molecule has 0 spiro atoms. The number of anilines is 1. The van der Waals surface area contributed by atoms with Gasteiger partial charge in [-0.2, -0.15) is 0 Å². The highest BCUT2D eigenvalue weighted by Gasteiger charge is 2.08. The molecule has 84 valence electrons. The van der Waals surface area contributed by atoms with Crippen molar-refractivity contribution in [1.82, 2.24) is 0 Å². The molecule has 2 nitrogen and oxygen atoms in total. The minimum absolute atomic E-state index is 0.562. The zero-order valence-corrected chi connectivity index (χ0v) is 10.2. The van der Waals surface area contributed by atoms with Gasteiger partial charge < -0.3 is 10.6 Å². The molecule has 0 aromatic heterocycles. The van der Waals surface area contributed by atoms with Crippen LogP contribution >= 0.6 is 11.6 Å². The van der Waals surface area contributed by atoms with Crippen LogP contribution in [0.5, 0.6) is 0 Å². The number of hydrogen-bond acceptors (Lipinski definition) is 2. The first-order valence-corrected chi connectivity index (χ1v) is 5.84. The zero-order valence-electron chi connectivity index (χ0n) is 9.46. The average molecular weight is 227 g/mol. The Bertz CT molecular complexity index is 312. The Hall–Kier alpha value is -0.730. The number of hydrogen-bond donors (Lipinski definition) is 1. The van der Waals surface area contributed by atoms with Gasteiger partial charge in [0.05, 0.1) is 0 Å². The van der Waals surface area contributed by atoms with Crippen LogP contribution in [0, 0.1) is 0 Å². The van der Waals surface area contributed by atoms with E-state index < -0.39 is 0 Å². The molecule has 0 heterocycles. The molecule has 0 unspecified atom stereocenters. The van der Waals surface area contributed by atoms with Gasteiger partial charge in [-0.1, -0.05) is 24.6 Å². The predicted molar refractivity (Wildman–Crippen MR) is 67.5 cm³/mol. The van der Waals surface area contributed by atoms with Crippen LogP contribution in [0.2, 0.25) is 5.02 Å². The molecule has 0 aliphatic heterocycles. The monoisotopic (exact) mass is 226 g/mol. The smallest absolute Gasteiger partial charge is 0.0426 e. The van der Waals surface area contributed by atoms with E-state index in [1.807, 2.05) is 18.2 Å². The first kappa shape index (κ1) is 12.3. The van der Waals surface area contributed by atoms with Gasteiger partial charge in [-0.15, -0.1) is 0 Å². The van der Waals surface area contributed by atoms with E-state index in [0.29, 0.717) is 6.54 Å². The Balaban J connectivity index is 3.02. The zero-order chi connectivity index (χ0) is 11.3. The molecule has 0 atom stereocenters. The number of benzene rings is 1. The SMILES string of the molecule is CCCN(CC)c1cc(Cl)ccc1CN. The summed E-state index contributed by atoms with van der Waals surface area (Å²) in [5.41, 5.74) is 8.06. The van der Waals surface area contributed by atoms with Crippen LogP contribution in [0.25, 0.3) is 0 Å². The van der Waals surface area contributed by atoms with Crippen molar-refractivity contribution in [2.24, 2.45) is 5.73 Å². The molecule has 1 aromatic carbocycles. The molecule has 0 aliphatic carbocycles. The summed E-state index contributed by atoms with van der Waals surface area (Å²) in [6.45, 7) is 6.92. The van der Waals surface area contributed by atoms with Crippen molar-refractivity contribution in [2.45, 2.75) is 26.8 Å². The van der Waals surface area contributed by atoms with Crippen LogP contribution in [0.4, 0.5) is 5.69 Å². The Morgan fingerprint density at radius 2 is 2.07 bits per heavy atom. The molecule has 0 amide bonds. The Morgan fingerprint density at radius 3 is 2.60 bits per heavy atom. The van der Waals surface area contributed by atoms with E-state index in [-0.39, 0.29) is 0 Å². The van der Waals surface area contributed by atoms with Crippen LogP contribution in [0.1, 0.15) is 25.8 Å². The molecule has 1 rings (SSSR count). The van der Waals surface area contributed by atoms with E-state index >= 15 is 0 Å². The highest BCUT2D eigenvalue weighted by atomic mass is 35.5. The Kier molecular flexibility index (Phi) is 4.92. The van der Waals surface area contributed by atoms with E-state index in [1.54, 1.807) is 0 Å². The van der Waals surface area contributed by atoms with Crippen LogP contribution in [0.15, 0.2) is 18.2 Å². The van der Waals surface area contributed by atoms with Gasteiger partial charge in [0.2, 0.25) is 0 Å². The van der Waals surface area contributed by atoms with Gasteiger partial charge in [-0.25, -0.2) is 0 Å². The highest BCUT2D eigenvalue weighted by molar-refractivity contribution is 6.30. The lowest BCUT2D eigenvalue weighted by Gasteiger charge is -2.25. The molecular formula is C12H19ClN2. The van der Waals surface area contributed by atoms with E-state index in [0.717, 1.165) is 30.1 Å². The first-order valence-electron chi connectivity index (χ1n) is 5.46. The van der Waals surface area contributed by atoms with Crippen molar-refractivity contribution >= 4 is 17.3 Å². The standard InChI is InChI=1S/C12H19ClN2/c1-3-7-15(4-2)12-8-11(13)6-5-10(12)9-14/h5-6,8H,3-4,7,9,14H2,1-2H3. The molecule has 1 aromatic rings. The molecule has 0 fully saturated rings. The molecule has 0 radical (unpaired) electrons. The van der Waals surface area contributed by atoms with Crippen molar-refractivity contribution in [3.8, 4) is 0 Å². The van der Waals surface area contributed by atoms with Gasteiger partial charge in [0, 0.05) is 30.3 Å². The maximum absolute atomic E-state index is 6.01. The second-order valence-electron chi connectivity index (χ2n) is 3.56. The summed E-state index contributed by atoms with van der Waals surface area (Å²) >= 11 is 6.01. The minimum atomic E-state index is 0.562. The maximum atomic E-state index is 6.01. The lowest BCUT2D eigenvalue weighted by molar-refractivity contribution is 0.785. The summed E-state index contributed by atoms with van der Waals surface area (Å²) in [5.74, 6) is 0. The maximum Gasteiger partial charge on any atom is 0.0426 e. The van der Waals surface area contributed by atoms with Crippen molar-refractivity contribution in [2.75, 3.05) is 18.0 Å². The largest absolute Gasteiger partial charge is 0.372 e. The molecule has 0 saturated carbocycles. The van der Waals surface area contributed by atoms with Gasteiger partial charge in [0.25, 0.3) is 0 Å². The summed E-state index contributed by atoms with van der Waals surface area (Å²) in [4.78, 5) is 2.31. The third kappa shape index (κ3) is 3.11. The average Bonchev–Trinajstić information content (AvgIpc) is 2.26. The quantitative estimate of drug-likeness (QED) is 0.836. The van der Waals surface area contributed by atoms with Crippen molar-refractivity contribution in [1.29, 1.82) is 0 Å². The molecule has 0 aliphatic rings. The van der Waals surface area contributed by atoms with E-state index in [2.05, 4.69) is 18.7 Å². The second-order valence-corrected chi connectivity index (χ2v) is 3.99. The van der Waals surface area contributed by atoms with Crippen molar-refractivity contribution in [3.63, 3.8) is 0 Å². The Morgan fingerprint density at radius 1 is 1.33 bits per heavy atom. The van der Waals surface area contributed by atoms with E-state index in [4.69, 9.17) is 17.3 Å². The summed E-state index contributed by atoms with van der Waals surface area (Å²) in [6, 6.07) is 5.91. The molecule has 3 heteroatoms. The van der Waals surface area contributed by atoms with Crippen LogP contribution in [-0.4, -0.2) is 13.1 Å². The van der Waals surface area contributed by atoms with Crippen LogP contribution in [0.3, 0.4) is 0 Å². The van der Waals surface area contributed by atoms with Gasteiger partial charge in [-0.05, 0) is 31.0 Å². The van der Waals surface area contributed by atoms with Crippen LogP contribution in [-0.2, 0) is 6.54 Å². The summed E-state index contributed by atoms with van der Waals surface area (Å²) < 4.78 is 0. The van der Waals surface area contributed by atoms with Crippen LogP contribution < -0.4 is 10.6 Å². The second kappa shape index (κ2) is 5.99. The first-order chi connectivity index (χ1) is 7.22. The summed E-state index contributed by atoms with van der Waals surface area (Å²) in [5, 5.41) is 0.775. The summed E-state index contributed by atoms with van der Waals surface area (Å²) in [7, 11) is 0. The number of nitrogens with zero attached hydrogens (tertiary/aromatic N) is 1.